The van der Waals surface area contributed by atoms with Gasteiger partial charge in [0, 0.05) is 18.8 Å². The summed E-state index contributed by atoms with van der Waals surface area (Å²) in [7, 11) is 0. The number of anilines is 1. The van der Waals surface area contributed by atoms with Gasteiger partial charge in [-0.05, 0) is 31.0 Å². The van der Waals surface area contributed by atoms with Gasteiger partial charge in [0.05, 0.1) is 0 Å². The van der Waals surface area contributed by atoms with Crippen LogP contribution in [0.4, 0.5) is 10.5 Å². The van der Waals surface area contributed by atoms with Gasteiger partial charge >= 0.3 is 6.03 Å². The zero-order valence-corrected chi connectivity index (χ0v) is 9.16. The molecule has 0 spiro atoms. The van der Waals surface area contributed by atoms with Gasteiger partial charge in [0.15, 0.2) is 0 Å². The standard InChI is InChI=1S/C11H17N3O/c1-8-4-3-5-10(9(8)2)14(7-6-12)11(13)15/h3-5H,6-7,12H2,1-2H3,(H2,13,15). The highest BCUT2D eigenvalue weighted by Crippen LogP contribution is 2.22. The van der Waals surface area contributed by atoms with Crippen molar-refractivity contribution in [2.75, 3.05) is 18.0 Å². The van der Waals surface area contributed by atoms with Crippen LogP contribution < -0.4 is 16.4 Å². The minimum absolute atomic E-state index is 0.399. The first-order chi connectivity index (χ1) is 7.07. The van der Waals surface area contributed by atoms with Crippen LogP contribution in [-0.2, 0) is 0 Å². The highest BCUT2D eigenvalue weighted by molar-refractivity contribution is 5.91. The topological polar surface area (TPSA) is 72.3 Å². The Morgan fingerprint density at radius 2 is 2.07 bits per heavy atom. The molecular formula is C11H17N3O. The molecule has 1 rings (SSSR count). The molecule has 82 valence electrons. The van der Waals surface area contributed by atoms with Crippen molar-refractivity contribution in [1.82, 2.24) is 0 Å². The van der Waals surface area contributed by atoms with Crippen LogP contribution in [0.25, 0.3) is 0 Å². The summed E-state index contributed by atoms with van der Waals surface area (Å²) >= 11 is 0. The zero-order valence-electron chi connectivity index (χ0n) is 9.16. The first kappa shape index (κ1) is 11.5. The second-order valence-corrected chi connectivity index (χ2v) is 3.50. The van der Waals surface area contributed by atoms with E-state index in [0.29, 0.717) is 13.1 Å². The van der Waals surface area contributed by atoms with Gasteiger partial charge in [0.2, 0.25) is 0 Å². The quantitative estimate of drug-likeness (QED) is 0.780. The van der Waals surface area contributed by atoms with Gasteiger partial charge in [0.25, 0.3) is 0 Å². The van der Waals surface area contributed by atoms with Crippen molar-refractivity contribution in [2.45, 2.75) is 13.8 Å². The molecule has 0 bridgehead atoms. The third kappa shape index (κ3) is 2.47. The van der Waals surface area contributed by atoms with Crippen LogP contribution in [0, 0.1) is 13.8 Å². The maximum Gasteiger partial charge on any atom is 0.319 e. The minimum atomic E-state index is -0.464. The van der Waals surface area contributed by atoms with Crippen LogP contribution >= 0.6 is 0 Å². The molecular weight excluding hydrogens is 190 g/mol. The summed E-state index contributed by atoms with van der Waals surface area (Å²) in [5, 5.41) is 0. The highest BCUT2D eigenvalue weighted by Gasteiger charge is 2.13. The van der Waals surface area contributed by atoms with Crippen molar-refractivity contribution in [3.8, 4) is 0 Å². The lowest BCUT2D eigenvalue weighted by Gasteiger charge is -2.22. The minimum Gasteiger partial charge on any atom is -0.351 e. The van der Waals surface area contributed by atoms with Crippen LogP contribution in [0.1, 0.15) is 11.1 Å². The summed E-state index contributed by atoms with van der Waals surface area (Å²) in [6, 6.07) is 5.32. The van der Waals surface area contributed by atoms with Crippen molar-refractivity contribution in [1.29, 1.82) is 0 Å². The Morgan fingerprint density at radius 1 is 1.40 bits per heavy atom. The van der Waals surface area contributed by atoms with Gasteiger partial charge < -0.3 is 11.5 Å². The molecule has 2 amide bonds. The molecule has 0 saturated carbocycles. The molecule has 0 fully saturated rings. The number of hydrogen-bond donors (Lipinski definition) is 2. The Hall–Kier alpha value is -1.55. The van der Waals surface area contributed by atoms with Crippen molar-refractivity contribution < 1.29 is 4.79 Å². The second-order valence-electron chi connectivity index (χ2n) is 3.50. The SMILES string of the molecule is Cc1cccc(N(CCN)C(N)=O)c1C. The number of nitrogens with zero attached hydrogens (tertiary/aromatic N) is 1. The van der Waals surface area contributed by atoms with Crippen LogP contribution in [-0.4, -0.2) is 19.1 Å². The van der Waals surface area contributed by atoms with Gasteiger partial charge in [-0.2, -0.15) is 0 Å². The second kappa shape index (κ2) is 4.79. The lowest BCUT2D eigenvalue weighted by Crippen LogP contribution is -2.39. The van der Waals surface area contributed by atoms with E-state index in [1.54, 1.807) is 0 Å². The molecule has 0 unspecified atom stereocenters. The molecule has 0 atom stereocenters. The van der Waals surface area contributed by atoms with Gasteiger partial charge in [-0.15, -0.1) is 0 Å². The van der Waals surface area contributed by atoms with Gasteiger partial charge in [-0.1, -0.05) is 12.1 Å². The fourth-order valence-electron chi connectivity index (χ4n) is 1.51. The Kier molecular flexibility index (Phi) is 3.68. The number of primary amides is 1. The van der Waals surface area contributed by atoms with Gasteiger partial charge in [0.1, 0.15) is 0 Å². The summed E-state index contributed by atoms with van der Waals surface area (Å²) in [4.78, 5) is 12.7. The van der Waals surface area contributed by atoms with Gasteiger partial charge in [-0.3, -0.25) is 4.90 Å². The average Bonchev–Trinajstić information content (AvgIpc) is 2.19. The lowest BCUT2D eigenvalue weighted by atomic mass is 10.1. The summed E-state index contributed by atoms with van der Waals surface area (Å²) < 4.78 is 0. The fourth-order valence-corrected chi connectivity index (χ4v) is 1.51. The molecule has 15 heavy (non-hydrogen) atoms. The number of nitrogens with two attached hydrogens (primary N) is 2. The van der Waals surface area contributed by atoms with Crippen LogP contribution in [0.2, 0.25) is 0 Å². The van der Waals surface area contributed by atoms with Crippen molar-refractivity contribution in [3.05, 3.63) is 29.3 Å². The first-order valence-electron chi connectivity index (χ1n) is 4.91. The molecule has 0 radical (unpaired) electrons. The number of urea groups is 1. The molecule has 4 nitrogen and oxygen atoms in total. The summed E-state index contributed by atoms with van der Waals surface area (Å²) in [6.45, 7) is 4.81. The summed E-state index contributed by atoms with van der Waals surface area (Å²) in [6.07, 6.45) is 0. The van der Waals surface area contributed by atoms with Crippen molar-refractivity contribution >= 4 is 11.7 Å². The van der Waals surface area contributed by atoms with E-state index in [1.807, 2.05) is 32.0 Å². The number of carbonyl (C=O) groups excluding carboxylic acids is 1. The number of amides is 2. The Bertz CT molecular complexity index is 363. The largest absolute Gasteiger partial charge is 0.351 e. The van der Waals surface area contributed by atoms with Crippen LogP contribution in [0.3, 0.4) is 0 Å². The first-order valence-corrected chi connectivity index (χ1v) is 4.91. The summed E-state index contributed by atoms with van der Waals surface area (Å²) in [5.41, 5.74) is 13.8. The molecule has 4 heteroatoms. The lowest BCUT2D eigenvalue weighted by molar-refractivity contribution is 0.254. The molecule has 0 heterocycles. The third-order valence-corrected chi connectivity index (χ3v) is 2.49. The van der Waals surface area contributed by atoms with E-state index in [4.69, 9.17) is 11.5 Å². The van der Waals surface area contributed by atoms with E-state index in [9.17, 15) is 4.79 Å². The van der Waals surface area contributed by atoms with E-state index in [0.717, 1.165) is 16.8 Å². The van der Waals surface area contributed by atoms with Crippen molar-refractivity contribution in [2.24, 2.45) is 11.5 Å². The van der Waals surface area contributed by atoms with E-state index in [2.05, 4.69) is 0 Å². The maximum absolute atomic E-state index is 11.2. The van der Waals surface area contributed by atoms with Crippen molar-refractivity contribution in [3.63, 3.8) is 0 Å². The smallest absolute Gasteiger partial charge is 0.319 e. The van der Waals surface area contributed by atoms with Crippen LogP contribution in [0.15, 0.2) is 18.2 Å². The van der Waals surface area contributed by atoms with E-state index in [1.165, 1.54) is 4.90 Å². The van der Waals surface area contributed by atoms with E-state index >= 15 is 0 Å². The monoisotopic (exact) mass is 207 g/mol. The number of aryl methyl sites for hydroxylation is 1. The fraction of sp³-hybridized carbons (Fsp3) is 0.364. The van der Waals surface area contributed by atoms with E-state index in [-0.39, 0.29) is 0 Å². The normalized spacial score (nSPS) is 10.1. The molecule has 0 aromatic heterocycles. The Balaban J connectivity index is 3.11. The molecule has 1 aromatic carbocycles. The maximum atomic E-state index is 11.2. The molecule has 0 aliphatic carbocycles. The number of carbonyl (C=O) groups is 1. The molecule has 0 aliphatic heterocycles. The third-order valence-electron chi connectivity index (χ3n) is 2.49. The average molecular weight is 207 g/mol. The number of benzene rings is 1. The Labute approximate surface area is 89.9 Å². The molecule has 0 aliphatic rings. The number of hydrogen-bond acceptors (Lipinski definition) is 2. The Morgan fingerprint density at radius 3 is 2.60 bits per heavy atom. The van der Waals surface area contributed by atoms with Crippen LogP contribution in [0.5, 0.6) is 0 Å². The predicted octanol–water partition coefficient (Wildman–Crippen LogP) is 1.15. The molecule has 1 aromatic rings. The number of rotatable bonds is 3. The predicted molar refractivity (Wildman–Crippen MR) is 61.9 cm³/mol. The molecule has 0 saturated heterocycles. The zero-order chi connectivity index (χ0) is 11.4. The molecule has 4 N–H and O–H groups in total. The van der Waals surface area contributed by atoms with Gasteiger partial charge in [-0.25, -0.2) is 4.79 Å². The highest BCUT2D eigenvalue weighted by atomic mass is 16.2. The van der Waals surface area contributed by atoms with E-state index < -0.39 is 6.03 Å². The summed E-state index contributed by atoms with van der Waals surface area (Å²) in [5.74, 6) is 0.